The molecule has 4 amide bonds. The van der Waals surface area contributed by atoms with Crippen LogP contribution in [0, 0.1) is 0 Å². The Morgan fingerprint density at radius 3 is 2.33 bits per heavy atom. The molecule has 2 N–H and O–H groups in total. The number of hydrogen-bond donors (Lipinski definition) is 2. The van der Waals surface area contributed by atoms with E-state index in [1.165, 1.54) is 28.8 Å². The van der Waals surface area contributed by atoms with Crippen LogP contribution in [0.25, 0.3) is 0 Å². The Morgan fingerprint density at radius 2 is 1.62 bits per heavy atom. The van der Waals surface area contributed by atoms with Gasteiger partial charge in [-0.25, -0.2) is 9.59 Å². The third-order valence-electron chi connectivity index (χ3n) is 10.8. The molecule has 0 radical (unpaired) electrons. The number of thiophene rings is 1. The number of carbonyl (C=O) groups is 3. The third-order valence-corrected chi connectivity index (χ3v) is 11.8. The number of likely N-dealkylation sites (tertiary alicyclic amines) is 1. The third kappa shape index (κ3) is 8.33. The van der Waals surface area contributed by atoms with Gasteiger partial charge in [0.2, 0.25) is 5.91 Å². The van der Waals surface area contributed by atoms with E-state index in [2.05, 4.69) is 59.5 Å². The average Bonchev–Trinajstić information content (AvgIpc) is 3.48. The highest BCUT2D eigenvalue weighted by atomic mass is 32.1. The minimum absolute atomic E-state index is 0.0491. The molecule has 48 heavy (non-hydrogen) atoms. The first-order valence-electron chi connectivity index (χ1n) is 18.0. The van der Waals surface area contributed by atoms with E-state index in [9.17, 15) is 14.4 Å². The molecule has 1 aromatic carbocycles. The minimum Gasteiger partial charge on any atom is -0.351 e. The topological polar surface area (TPSA) is 101 Å². The van der Waals surface area contributed by atoms with E-state index in [4.69, 9.17) is 4.84 Å². The largest absolute Gasteiger partial charge is 0.426 e. The molecule has 0 bridgehead atoms. The number of aryl methyl sites for hydroxylation is 2. The molecule has 1 atom stereocenters. The minimum atomic E-state index is -0.718. The second-order valence-corrected chi connectivity index (χ2v) is 14.8. The van der Waals surface area contributed by atoms with Crippen molar-refractivity contribution in [1.29, 1.82) is 0 Å². The molecule has 5 heterocycles. The van der Waals surface area contributed by atoms with Crippen molar-refractivity contribution in [1.82, 2.24) is 30.0 Å². The zero-order valence-corrected chi connectivity index (χ0v) is 29.7. The summed E-state index contributed by atoms with van der Waals surface area (Å²) in [5, 5.41) is 9.71. The maximum Gasteiger partial charge on any atom is 0.426 e. The van der Waals surface area contributed by atoms with Crippen molar-refractivity contribution in [3.05, 3.63) is 51.2 Å². The van der Waals surface area contributed by atoms with Crippen LogP contribution < -0.4 is 10.6 Å². The molecule has 11 nitrogen and oxygen atoms in total. The number of nitrogens with zero attached hydrogens (tertiary/aromatic N) is 5. The van der Waals surface area contributed by atoms with Gasteiger partial charge in [0.25, 0.3) is 0 Å². The van der Waals surface area contributed by atoms with Crippen LogP contribution in [0.3, 0.4) is 0 Å². The molecular formula is C36H53N7O4S. The molecule has 262 valence electrons. The van der Waals surface area contributed by atoms with Crippen LogP contribution in [-0.4, -0.2) is 127 Å². The van der Waals surface area contributed by atoms with Crippen LogP contribution in [0.2, 0.25) is 0 Å². The number of benzene rings is 1. The Bertz CT molecular complexity index is 1410. The molecule has 12 heteroatoms. The van der Waals surface area contributed by atoms with Gasteiger partial charge in [-0.15, -0.1) is 16.4 Å². The molecule has 4 aliphatic heterocycles. The Kier molecular flexibility index (Phi) is 11.6. The molecule has 0 aliphatic carbocycles. The van der Waals surface area contributed by atoms with Crippen molar-refractivity contribution in [3.8, 4) is 0 Å². The van der Waals surface area contributed by atoms with Crippen LogP contribution in [-0.2, 0) is 35.3 Å². The Hall–Kier alpha value is -3.19. The molecular weight excluding hydrogens is 627 g/mol. The van der Waals surface area contributed by atoms with E-state index in [1.807, 2.05) is 21.2 Å². The summed E-state index contributed by atoms with van der Waals surface area (Å²) in [4.78, 5) is 56.1. The summed E-state index contributed by atoms with van der Waals surface area (Å²) in [6.07, 6.45) is 6.31. The fourth-order valence-electron chi connectivity index (χ4n) is 7.84. The Balaban J connectivity index is 1.05. The molecule has 2 aromatic rings. The number of nitrogens with one attached hydrogen (secondary N) is 2. The normalized spacial score (nSPS) is 21.4. The summed E-state index contributed by atoms with van der Waals surface area (Å²) in [5.41, 5.74) is 4.56. The molecule has 3 saturated heterocycles. The van der Waals surface area contributed by atoms with Gasteiger partial charge in [0, 0.05) is 75.6 Å². The van der Waals surface area contributed by atoms with Crippen LogP contribution in [0.15, 0.2) is 29.6 Å². The fraction of sp³-hybridized carbons (Fsp3) is 0.639. The molecule has 4 aliphatic rings. The van der Waals surface area contributed by atoms with E-state index in [0.29, 0.717) is 58.0 Å². The monoisotopic (exact) mass is 679 g/mol. The van der Waals surface area contributed by atoms with E-state index in [0.717, 1.165) is 56.7 Å². The average molecular weight is 680 g/mol. The number of carbonyl (C=O) groups excluding carboxylic acids is 3. The lowest BCUT2D eigenvalue weighted by molar-refractivity contribution is -0.138. The number of fused-ring (bicyclic) bond motifs is 1. The number of anilines is 1. The van der Waals surface area contributed by atoms with Crippen molar-refractivity contribution >= 4 is 35.1 Å². The lowest BCUT2D eigenvalue weighted by Gasteiger charge is -2.42. The van der Waals surface area contributed by atoms with Gasteiger partial charge < -0.3 is 30.2 Å². The van der Waals surface area contributed by atoms with Crippen LogP contribution in [0.5, 0.6) is 0 Å². The summed E-state index contributed by atoms with van der Waals surface area (Å²) < 4.78 is 0. The van der Waals surface area contributed by atoms with Gasteiger partial charge in [-0.05, 0) is 86.8 Å². The van der Waals surface area contributed by atoms with E-state index in [-0.39, 0.29) is 18.0 Å². The first kappa shape index (κ1) is 34.7. The molecule has 1 aromatic heterocycles. The van der Waals surface area contributed by atoms with Crippen molar-refractivity contribution in [2.75, 3.05) is 71.3 Å². The second kappa shape index (κ2) is 16.0. The molecule has 3 fully saturated rings. The smallest absolute Gasteiger partial charge is 0.351 e. The zero-order valence-electron chi connectivity index (χ0n) is 28.9. The van der Waals surface area contributed by atoms with Crippen LogP contribution >= 0.6 is 11.3 Å². The second-order valence-electron chi connectivity index (χ2n) is 13.8. The van der Waals surface area contributed by atoms with Crippen molar-refractivity contribution < 1.29 is 19.2 Å². The first-order chi connectivity index (χ1) is 23.3. The Labute approximate surface area is 289 Å². The van der Waals surface area contributed by atoms with Crippen molar-refractivity contribution in [2.24, 2.45) is 0 Å². The van der Waals surface area contributed by atoms with Gasteiger partial charge in [-0.3, -0.25) is 9.69 Å². The quantitative estimate of drug-likeness (QED) is 0.410. The van der Waals surface area contributed by atoms with Gasteiger partial charge in [0.1, 0.15) is 6.04 Å². The highest BCUT2D eigenvalue weighted by Gasteiger charge is 2.34. The van der Waals surface area contributed by atoms with Gasteiger partial charge in [0.15, 0.2) is 0 Å². The predicted molar refractivity (Wildman–Crippen MR) is 189 cm³/mol. The maximum absolute atomic E-state index is 14.0. The number of hydroxylamine groups is 2. The molecule has 0 spiro atoms. The number of rotatable bonds is 9. The number of hydrogen-bond acceptors (Lipinski definition) is 8. The van der Waals surface area contributed by atoms with Crippen molar-refractivity contribution in [3.63, 3.8) is 0 Å². The molecule has 0 unspecified atom stereocenters. The summed E-state index contributed by atoms with van der Waals surface area (Å²) >= 11 is 1.68. The fourth-order valence-corrected chi connectivity index (χ4v) is 8.66. The van der Waals surface area contributed by atoms with Crippen LogP contribution in [0.1, 0.15) is 61.1 Å². The highest BCUT2D eigenvalue weighted by molar-refractivity contribution is 7.10. The Morgan fingerprint density at radius 1 is 0.917 bits per heavy atom. The number of amides is 4. The highest BCUT2D eigenvalue weighted by Crippen LogP contribution is 2.28. The van der Waals surface area contributed by atoms with Crippen molar-refractivity contribution in [2.45, 2.75) is 83.3 Å². The van der Waals surface area contributed by atoms with Gasteiger partial charge in [0.05, 0.1) is 5.69 Å². The zero-order chi connectivity index (χ0) is 33.6. The maximum atomic E-state index is 14.0. The lowest BCUT2D eigenvalue weighted by Crippen LogP contribution is -2.58. The summed E-state index contributed by atoms with van der Waals surface area (Å²) in [7, 11) is 2.18. The summed E-state index contributed by atoms with van der Waals surface area (Å²) in [6, 6.07) is 8.29. The van der Waals surface area contributed by atoms with E-state index < -0.39 is 12.1 Å². The first-order valence-corrected chi connectivity index (χ1v) is 18.9. The predicted octanol–water partition coefficient (Wildman–Crippen LogP) is 4.22. The molecule has 0 saturated carbocycles. The van der Waals surface area contributed by atoms with E-state index in [1.54, 1.807) is 16.4 Å². The number of piperazine rings is 1. The van der Waals surface area contributed by atoms with Gasteiger partial charge >= 0.3 is 12.1 Å². The number of urea groups is 1. The summed E-state index contributed by atoms with van der Waals surface area (Å²) in [5.74, 6) is -0.0491. The lowest BCUT2D eigenvalue weighted by atomic mass is 9.96. The van der Waals surface area contributed by atoms with Gasteiger partial charge in [-0.2, -0.15) is 0 Å². The standard InChI is InChI=1S/C36H53N7O4S/c1-4-27-7-6-26(24-28(27)5-2)25-32(34(44)41-21-19-40(20-22-41)29-8-14-39(3)15-9-29)38-36(46)47-42-16-10-30(11-17-42)43-18-12-33-31(13-23-48-33)37-35(43)45/h6-7,13,23-24,29-30,32H,4-5,8-12,14-22,25H2,1-3H3,(H,37,45)(H,38,46)/t32-/m1/s1. The SMILES string of the molecule is CCc1ccc(C[C@@H](NC(=O)ON2CCC(N3CCc4sccc4NC3=O)CC2)C(=O)N2CCN(C3CCN(C)CC3)CC2)cc1CC. The van der Waals surface area contributed by atoms with E-state index >= 15 is 0 Å². The van der Waals surface area contributed by atoms with Gasteiger partial charge in [-0.1, -0.05) is 32.0 Å². The number of piperidine rings is 2. The van der Waals surface area contributed by atoms with Crippen LogP contribution in [0.4, 0.5) is 15.3 Å². The molecule has 6 rings (SSSR count). The summed E-state index contributed by atoms with van der Waals surface area (Å²) in [6.45, 7) is 11.3.